The number of nitrogen functional groups attached to an aromatic ring is 1. The Kier molecular flexibility index (Phi) is 4.64. The third-order valence-electron chi connectivity index (χ3n) is 3.74. The van der Waals surface area contributed by atoms with E-state index in [1.807, 2.05) is 4.90 Å². The van der Waals surface area contributed by atoms with Crippen LogP contribution in [0.3, 0.4) is 0 Å². The zero-order valence-corrected chi connectivity index (χ0v) is 12.0. The van der Waals surface area contributed by atoms with E-state index in [1.54, 1.807) is 6.07 Å². The van der Waals surface area contributed by atoms with Crippen LogP contribution in [0.25, 0.3) is 0 Å². The van der Waals surface area contributed by atoms with Crippen molar-refractivity contribution in [3.63, 3.8) is 0 Å². The number of hydrogen-bond donors (Lipinski definition) is 1. The number of carbonyl (C=O) groups excluding carboxylic acids is 1. The quantitative estimate of drug-likeness (QED) is 0.848. The fraction of sp³-hybridized carbons (Fsp3) is 0.571. The van der Waals surface area contributed by atoms with Crippen LogP contribution in [0.5, 0.6) is 0 Å². The molecule has 2 rings (SSSR count). The molecule has 0 aromatic carbocycles. The second-order valence-electron chi connectivity index (χ2n) is 5.00. The maximum Gasteiger partial charge on any atom is 0.256 e. The minimum absolute atomic E-state index is 0.0180. The van der Waals surface area contributed by atoms with Crippen LogP contribution in [-0.4, -0.2) is 28.4 Å². The Morgan fingerprint density at radius 2 is 2.32 bits per heavy atom. The van der Waals surface area contributed by atoms with Gasteiger partial charge >= 0.3 is 0 Å². The van der Waals surface area contributed by atoms with Gasteiger partial charge < -0.3 is 10.6 Å². The minimum Gasteiger partial charge on any atom is -0.397 e. The molecule has 4 nitrogen and oxygen atoms in total. The van der Waals surface area contributed by atoms with Crippen molar-refractivity contribution in [2.45, 2.75) is 45.1 Å². The lowest BCUT2D eigenvalue weighted by atomic mass is 10.1. The van der Waals surface area contributed by atoms with Crippen molar-refractivity contribution in [2.75, 3.05) is 12.3 Å². The maximum absolute atomic E-state index is 12.7. The molecule has 1 amide bonds. The van der Waals surface area contributed by atoms with Crippen LogP contribution in [0.2, 0.25) is 5.15 Å². The first-order valence-corrected chi connectivity index (χ1v) is 7.23. The van der Waals surface area contributed by atoms with Gasteiger partial charge in [0.2, 0.25) is 0 Å². The van der Waals surface area contributed by atoms with Crippen LogP contribution in [0.15, 0.2) is 12.3 Å². The van der Waals surface area contributed by atoms with Crippen molar-refractivity contribution >= 4 is 23.2 Å². The molecule has 1 aliphatic rings. The van der Waals surface area contributed by atoms with Crippen LogP contribution in [0.4, 0.5) is 5.69 Å². The van der Waals surface area contributed by atoms with E-state index in [0.717, 1.165) is 25.8 Å². The fourth-order valence-corrected chi connectivity index (χ4v) is 2.81. The molecule has 1 aromatic heterocycles. The summed E-state index contributed by atoms with van der Waals surface area (Å²) in [5, 5.41) is 0.306. The normalized spacial score (nSPS) is 20.1. The number of nitrogens with two attached hydrogens (primary N) is 1. The molecule has 19 heavy (non-hydrogen) atoms. The van der Waals surface area contributed by atoms with Gasteiger partial charge in [0.05, 0.1) is 17.4 Å². The highest BCUT2D eigenvalue weighted by Crippen LogP contribution is 2.24. The lowest BCUT2D eigenvalue weighted by molar-refractivity contribution is 0.0679. The third kappa shape index (κ3) is 3.18. The molecule has 1 fully saturated rings. The SMILES string of the molecule is CCC1CCCCCN1C(=O)c1cc(Cl)ncc1N. The molecule has 1 aromatic rings. The van der Waals surface area contributed by atoms with Gasteiger partial charge in [0.25, 0.3) is 5.91 Å². The number of likely N-dealkylation sites (tertiary alicyclic amines) is 1. The summed E-state index contributed by atoms with van der Waals surface area (Å²) in [5.74, 6) is -0.0180. The second kappa shape index (κ2) is 6.24. The number of pyridine rings is 1. The summed E-state index contributed by atoms with van der Waals surface area (Å²) in [6, 6.07) is 1.87. The number of hydrogen-bond acceptors (Lipinski definition) is 3. The first kappa shape index (κ1) is 14.1. The van der Waals surface area contributed by atoms with Crippen molar-refractivity contribution in [1.29, 1.82) is 0 Å². The van der Waals surface area contributed by atoms with Crippen molar-refractivity contribution < 1.29 is 4.79 Å². The first-order valence-electron chi connectivity index (χ1n) is 6.85. The van der Waals surface area contributed by atoms with Gasteiger partial charge in [0, 0.05) is 12.6 Å². The molecule has 2 heterocycles. The summed E-state index contributed by atoms with van der Waals surface area (Å²) in [5.41, 5.74) is 6.72. The van der Waals surface area contributed by atoms with Gasteiger partial charge in [-0.25, -0.2) is 4.98 Å². The summed E-state index contributed by atoms with van der Waals surface area (Å²) in [4.78, 5) is 18.5. The first-order chi connectivity index (χ1) is 9.13. The Morgan fingerprint density at radius 3 is 3.05 bits per heavy atom. The molecule has 104 valence electrons. The van der Waals surface area contributed by atoms with Crippen LogP contribution in [0, 0.1) is 0 Å². The van der Waals surface area contributed by atoms with Gasteiger partial charge in [-0.2, -0.15) is 0 Å². The van der Waals surface area contributed by atoms with E-state index in [4.69, 9.17) is 17.3 Å². The van der Waals surface area contributed by atoms with E-state index < -0.39 is 0 Å². The summed E-state index contributed by atoms with van der Waals surface area (Å²) in [6.07, 6.45) is 6.93. The average Bonchev–Trinajstić information content (AvgIpc) is 2.65. The molecule has 0 saturated carbocycles. The Morgan fingerprint density at radius 1 is 1.53 bits per heavy atom. The zero-order valence-electron chi connectivity index (χ0n) is 11.2. The Hall–Kier alpha value is -1.29. The number of carbonyl (C=O) groups is 1. The lowest BCUT2D eigenvalue weighted by Crippen LogP contribution is -2.40. The fourth-order valence-electron chi connectivity index (χ4n) is 2.65. The topological polar surface area (TPSA) is 59.2 Å². The maximum atomic E-state index is 12.7. The molecule has 5 heteroatoms. The molecule has 0 bridgehead atoms. The van der Waals surface area contributed by atoms with E-state index in [1.165, 1.54) is 19.0 Å². The molecule has 0 aliphatic carbocycles. The predicted molar refractivity (Wildman–Crippen MR) is 77.2 cm³/mol. The molecular weight excluding hydrogens is 262 g/mol. The Bertz CT molecular complexity index is 464. The molecule has 1 saturated heterocycles. The highest BCUT2D eigenvalue weighted by molar-refractivity contribution is 6.29. The van der Waals surface area contributed by atoms with E-state index in [9.17, 15) is 4.79 Å². The number of halogens is 1. The van der Waals surface area contributed by atoms with Crippen LogP contribution >= 0.6 is 11.6 Å². The highest BCUT2D eigenvalue weighted by Gasteiger charge is 2.26. The van der Waals surface area contributed by atoms with Gasteiger partial charge in [0.1, 0.15) is 5.15 Å². The van der Waals surface area contributed by atoms with Gasteiger partial charge in [-0.05, 0) is 25.3 Å². The molecule has 1 atom stereocenters. The Balaban J connectivity index is 2.27. The summed E-state index contributed by atoms with van der Waals surface area (Å²) in [7, 11) is 0. The smallest absolute Gasteiger partial charge is 0.256 e. The number of anilines is 1. The predicted octanol–water partition coefficient (Wildman–Crippen LogP) is 3.11. The van der Waals surface area contributed by atoms with Crippen molar-refractivity contribution in [3.8, 4) is 0 Å². The van der Waals surface area contributed by atoms with Crippen molar-refractivity contribution in [1.82, 2.24) is 9.88 Å². The molecule has 1 unspecified atom stereocenters. The van der Waals surface area contributed by atoms with Crippen LogP contribution in [-0.2, 0) is 0 Å². The zero-order chi connectivity index (χ0) is 13.8. The number of amides is 1. The van der Waals surface area contributed by atoms with Crippen molar-refractivity contribution in [3.05, 3.63) is 23.0 Å². The summed E-state index contributed by atoms with van der Waals surface area (Å²) >= 11 is 5.86. The molecule has 1 aliphatic heterocycles. The number of rotatable bonds is 2. The monoisotopic (exact) mass is 281 g/mol. The molecule has 0 spiro atoms. The van der Waals surface area contributed by atoms with Gasteiger partial charge in [-0.1, -0.05) is 31.4 Å². The molecule has 2 N–H and O–H groups in total. The van der Waals surface area contributed by atoms with E-state index >= 15 is 0 Å². The molecule has 0 radical (unpaired) electrons. The second-order valence-corrected chi connectivity index (χ2v) is 5.39. The summed E-state index contributed by atoms with van der Waals surface area (Å²) in [6.45, 7) is 2.93. The van der Waals surface area contributed by atoms with E-state index in [0.29, 0.717) is 22.4 Å². The van der Waals surface area contributed by atoms with Crippen LogP contribution in [0.1, 0.15) is 49.4 Å². The van der Waals surface area contributed by atoms with Gasteiger partial charge in [-0.3, -0.25) is 4.79 Å². The van der Waals surface area contributed by atoms with Crippen LogP contribution < -0.4 is 5.73 Å². The van der Waals surface area contributed by atoms with E-state index in [-0.39, 0.29) is 5.91 Å². The lowest BCUT2D eigenvalue weighted by Gasteiger charge is -2.29. The third-order valence-corrected chi connectivity index (χ3v) is 3.95. The van der Waals surface area contributed by atoms with Gasteiger partial charge in [-0.15, -0.1) is 0 Å². The van der Waals surface area contributed by atoms with Gasteiger partial charge in [0.15, 0.2) is 0 Å². The largest absolute Gasteiger partial charge is 0.397 e. The highest BCUT2D eigenvalue weighted by atomic mass is 35.5. The molecular formula is C14H20ClN3O. The minimum atomic E-state index is -0.0180. The average molecular weight is 282 g/mol. The number of nitrogens with zero attached hydrogens (tertiary/aromatic N) is 2. The Labute approximate surface area is 118 Å². The number of aromatic nitrogens is 1. The summed E-state index contributed by atoms with van der Waals surface area (Å²) < 4.78 is 0. The van der Waals surface area contributed by atoms with E-state index in [2.05, 4.69) is 11.9 Å². The van der Waals surface area contributed by atoms with Crippen molar-refractivity contribution in [2.24, 2.45) is 0 Å². The standard InChI is InChI=1S/C14H20ClN3O/c1-2-10-6-4-3-5-7-18(10)14(19)11-8-13(15)17-9-12(11)16/h8-10H,2-7,16H2,1H3.